The summed E-state index contributed by atoms with van der Waals surface area (Å²) in [6.45, 7) is 3.12. The van der Waals surface area contributed by atoms with Crippen molar-refractivity contribution < 1.29 is 0 Å². The number of aryl methyl sites for hydroxylation is 1. The van der Waals surface area contributed by atoms with Crippen LogP contribution in [0.2, 0.25) is 0 Å². The number of nitrogens with one attached hydrogen (secondary N) is 1. The molecule has 88 valence electrons. The highest BCUT2D eigenvalue weighted by molar-refractivity contribution is 5.66. The number of hydrogen-bond donors (Lipinski definition) is 2. The molecule has 0 radical (unpaired) electrons. The van der Waals surface area contributed by atoms with Gasteiger partial charge in [0.05, 0.1) is 11.4 Å². The van der Waals surface area contributed by atoms with E-state index in [2.05, 4.69) is 24.4 Å². The van der Waals surface area contributed by atoms with E-state index < -0.39 is 0 Å². The van der Waals surface area contributed by atoms with Crippen LogP contribution in [-0.4, -0.2) is 6.54 Å². The molecule has 0 aromatic heterocycles. The summed E-state index contributed by atoms with van der Waals surface area (Å²) in [7, 11) is 0. The topological polar surface area (TPSA) is 38.0 Å². The van der Waals surface area contributed by atoms with Crippen LogP contribution in [0, 0.1) is 12.8 Å². The van der Waals surface area contributed by atoms with Crippen LogP contribution in [0.1, 0.15) is 37.7 Å². The third-order valence-electron chi connectivity index (χ3n) is 3.55. The first kappa shape index (κ1) is 11.3. The van der Waals surface area contributed by atoms with Gasteiger partial charge in [-0.05, 0) is 37.0 Å². The fourth-order valence-corrected chi connectivity index (χ4v) is 2.55. The zero-order valence-electron chi connectivity index (χ0n) is 10.1. The van der Waals surface area contributed by atoms with Crippen molar-refractivity contribution in [3.63, 3.8) is 0 Å². The van der Waals surface area contributed by atoms with Crippen molar-refractivity contribution in [1.82, 2.24) is 0 Å². The predicted octanol–water partition coefficient (Wildman–Crippen LogP) is 3.57. The van der Waals surface area contributed by atoms with Gasteiger partial charge in [0.1, 0.15) is 0 Å². The lowest BCUT2D eigenvalue weighted by atomic mass is 10.0. The monoisotopic (exact) mass is 218 g/mol. The van der Waals surface area contributed by atoms with Crippen LogP contribution in [0.4, 0.5) is 11.4 Å². The summed E-state index contributed by atoms with van der Waals surface area (Å²) >= 11 is 0. The molecular weight excluding hydrogens is 196 g/mol. The molecular formula is C14H22N2. The van der Waals surface area contributed by atoms with Gasteiger partial charge in [0, 0.05) is 6.54 Å². The number of hydrogen-bond acceptors (Lipinski definition) is 2. The molecule has 0 bridgehead atoms. The summed E-state index contributed by atoms with van der Waals surface area (Å²) in [5, 5.41) is 3.44. The van der Waals surface area contributed by atoms with Gasteiger partial charge < -0.3 is 11.1 Å². The Kier molecular flexibility index (Phi) is 3.70. The lowest BCUT2D eigenvalue weighted by Gasteiger charge is -2.12. The van der Waals surface area contributed by atoms with Gasteiger partial charge in [-0.1, -0.05) is 31.7 Å². The van der Waals surface area contributed by atoms with Gasteiger partial charge in [0.2, 0.25) is 0 Å². The Bertz CT molecular complexity index is 341. The van der Waals surface area contributed by atoms with E-state index in [1.807, 2.05) is 6.07 Å². The van der Waals surface area contributed by atoms with Crippen LogP contribution < -0.4 is 11.1 Å². The maximum Gasteiger partial charge on any atom is 0.0574 e. The largest absolute Gasteiger partial charge is 0.397 e. The lowest BCUT2D eigenvalue weighted by Crippen LogP contribution is -2.08. The second kappa shape index (κ2) is 5.24. The highest BCUT2D eigenvalue weighted by Crippen LogP contribution is 2.27. The Morgan fingerprint density at radius 1 is 1.31 bits per heavy atom. The molecule has 16 heavy (non-hydrogen) atoms. The Morgan fingerprint density at radius 3 is 2.75 bits per heavy atom. The molecule has 0 aliphatic heterocycles. The van der Waals surface area contributed by atoms with E-state index in [4.69, 9.17) is 5.73 Å². The Hall–Kier alpha value is -1.18. The van der Waals surface area contributed by atoms with E-state index >= 15 is 0 Å². The summed E-state index contributed by atoms with van der Waals surface area (Å²) in [5.41, 5.74) is 9.13. The molecule has 1 aromatic carbocycles. The molecule has 2 rings (SSSR count). The van der Waals surface area contributed by atoms with Gasteiger partial charge in [0.25, 0.3) is 0 Å². The highest BCUT2D eigenvalue weighted by Gasteiger charge is 2.14. The summed E-state index contributed by atoms with van der Waals surface area (Å²) in [6.07, 6.45) is 6.98. The zero-order chi connectivity index (χ0) is 11.4. The number of rotatable bonds is 4. The standard InChI is InChI=1S/C14H22N2/c1-11-6-7-14(13(15)10-11)16-9-8-12-4-2-3-5-12/h6-7,10,12,16H,2-5,8-9,15H2,1H3. The molecule has 1 aromatic rings. The minimum Gasteiger partial charge on any atom is -0.397 e. The summed E-state index contributed by atoms with van der Waals surface area (Å²) in [6, 6.07) is 6.21. The van der Waals surface area contributed by atoms with Crippen molar-refractivity contribution in [2.24, 2.45) is 5.92 Å². The smallest absolute Gasteiger partial charge is 0.0574 e. The predicted molar refractivity (Wildman–Crippen MR) is 70.7 cm³/mol. The van der Waals surface area contributed by atoms with E-state index in [0.717, 1.165) is 23.8 Å². The van der Waals surface area contributed by atoms with Gasteiger partial charge >= 0.3 is 0 Å². The van der Waals surface area contributed by atoms with Gasteiger partial charge in [-0.25, -0.2) is 0 Å². The van der Waals surface area contributed by atoms with Crippen LogP contribution in [0.5, 0.6) is 0 Å². The Labute approximate surface area is 98.2 Å². The van der Waals surface area contributed by atoms with Crippen LogP contribution in [-0.2, 0) is 0 Å². The maximum absolute atomic E-state index is 5.95. The van der Waals surface area contributed by atoms with Gasteiger partial charge in [0.15, 0.2) is 0 Å². The Balaban J connectivity index is 1.80. The van der Waals surface area contributed by atoms with Crippen molar-refractivity contribution in [3.8, 4) is 0 Å². The van der Waals surface area contributed by atoms with E-state index in [1.165, 1.54) is 37.7 Å². The third kappa shape index (κ3) is 2.91. The lowest BCUT2D eigenvalue weighted by molar-refractivity contribution is 0.519. The fourth-order valence-electron chi connectivity index (χ4n) is 2.55. The molecule has 2 heteroatoms. The molecule has 0 amide bonds. The zero-order valence-corrected chi connectivity index (χ0v) is 10.1. The quantitative estimate of drug-likeness (QED) is 0.758. The number of benzene rings is 1. The average Bonchev–Trinajstić information content (AvgIpc) is 2.74. The molecule has 1 fully saturated rings. The van der Waals surface area contributed by atoms with Crippen LogP contribution in [0.25, 0.3) is 0 Å². The molecule has 3 N–H and O–H groups in total. The third-order valence-corrected chi connectivity index (χ3v) is 3.55. The van der Waals surface area contributed by atoms with Gasteiger partial charge in [-0.3, -0.25) is 0 Å². The second-order valence-electron chi connectivity index (χ2n) is 4.96. The first-order valence-corrected chi connectivity index (χ1v) is 6.36. The average molecular weight is 218 g/mol. The van der Waals surface area contributed by atoms with Crippen molar-refractivity contribution >= 4 is 11.4 Å². The summed E-state index contributed by atoms with van der Waals surface area (Å²) in [5.74, 6) is 0.944. The molecule has 0 saturated heterocycles. The molecule has 0 spiro atoms. The van der Waals surface area contributed by atoms with E-state index in [0.29, 0.717) is 0 Å². The Morgan fingerprint density at radius 2 is 2.06 bits per heavy atom. The minimum absolute atomic E-state index is 0.867. The molecule has 0 heterocycles. The molecule has 1 saturated carbocycles. The molecule has 1 aliphatic carbocycles. The van der Waals surface area contributed by atoms with E-state index in [1.54, 1.807) is 0 Å². The number of anilines is 2. The molecule has 1 aliphatic rings. The SMILES string of the molecule is Cc1ccc(NCCC2CCCC2)c(N)c1. The van der Waals surface area contributed by atoms with Gasteiger partial charge in [-0.15, -0.1) is 0 Å². The number of nitrogen functional groups attached to an aromatic ring is 1. The second-order valence-corrected chi connectivity index (χ2v) is 4.96. The highest BCUT2D eigenvalue weighted by atomic mass is 14.9. The normalized spacial score (nSPS) is 16.6. The van der Waals surface area contributed by atoms with Crippen LogP contribution in [0.15, 0.2) is 18.2 Å². The van der Waals surface area contributed by atoms with Crippen molar-refractivity contribution in [3.05, 3.63) is 23.8 Å². The summed E-state index contributed by atoms with van der Waals surface area (Å²) in [4.78, 5) is 0. The molecule has 0 atom stereocenters. The van der Waals surface area contributed by atoms with Crippen molar-refractivity contribution in [2.75, 3.05) is 17.6 Å². The molecule has 0 unspecified atom stereocenters. The van der Waals surface area contributed by atoms with Gasteiger partial charge in [-0.2, -0.15) is 0 Å². The fraction of sp³-hybridized carbons (Fsp3) is 0.571. The molecule has 2 nitrogen and oxygen atoms in total. The van der Waals surface area contributed by atoms with Crippen LogP contribution in [0.3, 0.4) is 0 Å². The first-order chi connectivity index (χ1) is 7.75. The van der Waals surface area contributed by atoms with E-state index in [-0.39, 0.29) is 0 Å². The van der Waals surface area contributed by atoms with E-state index in [9.17, 15) is 0 Å². The summed E-state index contributed by atoms with van der Waals surface area (Å²) < 4.78 is 0. The van der Waals surface area contributed by atoms with Crippen molar-refractivity contribution in [1.29, 1.82) is 0 Å². The maximum atomic E-state index is 5.95. The minimum atomic E-state index is 0.867. The number of nitrogens with two attached hydrogens (primary N) is 1. The first-order valence-electron chi connectivity index (χ1n) is 6.36. The van der Waals surface area contributed by atoms with Crippen molar-refractivity contribution in [2.45, 2.75) is 39.0 Å². The van der Waals surface area contributed by atoms with Crippen LogP contribution >= 0.6 is 0 Å².